The Labute approximate surface area is 143 Å². The Morgan fingerprint density at radius 2 is 2.00 bits per heavy atom. The second-order valence-electron chi connectivity index (χ2n) is 5.62. The predicted octanol–water partition coefficient (Wildman–Crippen LogP) is 3.73. The number of nitrogens with one attached hydrogen (secondary N) is 1. The Bertz CT molecular complexity index is 745. The maximum Gasteiger partial charge on any atom is 0.404 e. The van der Waals surface area contributed by atoms with Gasteiger partial charge < -0.3 is 15.8 Å². The topological polar surface area (TPSA) is 64.3 Å². The number of ether oxygens (including phenoxy) is 1. The fourth-order valence-corrected chi connectivity index (χ4v) is 2.57. The maximum absolute atomic E-state index is 10.7. The number of primary amides is 1. The van der Waals surface area contributed by atoms with E-state index in [4.69, 9.17) is 16.9 Å². The molecule has 2 aromatic rings. The monoisotopic (exact) mass is 322 g/mol. The zero-order chi connectivity index (χ0) is 17.5. The highest BCUT2D eigenvalue weighted by Crippen LogP contribution is 2.27. The molecule has 4 nitrogen and oxygen atoms in total. The molecule has 0 bridgehead atoms. The number of carbonyl (C=O) groups is 1. The Kier molecular flexibility index (Phi) is 5.86. The van der Waals surface area contributed by atoms with Crippen molar-refractivity contribution < 1.29 is 9.53 Å². The zero-order valence-electron chi connectivity index (χ0n) is 14.0. The van der Waals surface area contributed by atoms with Crippen LogP contribution in [0.1, 0.15) is 18.1 Å². The molecule has 0 saturated heterocycles. The van der Waals surface area contributed by atoms with Gasteiger partial charge in [0.25, 0.3) is 0 Å². The summed E-state index contributed by atoms with van der Waals surface area (Å²) >= 11 is 0. The Hall–Kier alpha value is -2.93. The molecular weight excluding hydrogens is 300 g/mol. The SMILES string of the molecule is C#CC(C)Nc1ccc(-c2cccc(CCOC(N)=O)c2C)cc1. The molecule has 24 heavy (non-hydrogen) atoms. The van der Waals surface area contributed by atoms with Gasteiger partial charge in [0.1, 0.15) is 0 Å². The van der Waals surface area contributed by atoms with Crippen LogP contribution in [0.15, 0.2) is 42.5 Å². The van der Waals surface area contributed by atoms with Crippen LogP contribution in [0.5, 0.6) is 0 Å². The summed E-state index contributed by atoms with van der Waals surface area (Å²) < 4.78 is 4.82. The molecule has 2 rings (SSSR count). The van der Waals surface area contributed by atoms with Crippen LogP contribution in [0.25, 0.3) is 11.1 Å². The first-order valence-corrected chi connectivity index (χ1v) is 7.85. The fraction of sp³-hybridized carbons (Fsp3) is 0.250. The van der Waals surface area contributed by atoms with E-state index in [0.29, 0.717) is 6.42 Å². The summed E-state index contributed by atoms with van der Waals surface area (Å²) in [5.74, 6) is 2.65. The number of benzene rings is 2. The van der Waals surface area contributed by atoms with Crippen molar-refractivity contribution in [2.24, 2.45) is 5.73 Å². The van der Waals surface area contributed by atoms with Crippen molar-refractivity contribution in [3.8, 4) is 23.5 Å². The largest absolute Gasteiger partial charge is 0.449 e. The van der Waals surface area contributed by atoms with Gasteiger partial charge in [0.05, 0.1) is 12.6 Å². The number of hydrogen-bond donors (Lipinski definition) is 2. The van der Waals surface area contributed by atoms with Gasteiger partial charge in [0.2, 0.25) is 0 Å². The van der Waals surface area contributed by atoms with Crippen LogP contribution in [-0.2, 0) is 11.2 Å². The van der Waals surface area contributed by atoms with Crippen molar-refractivity contribution in [3.05, 3.63) is 53.6 Å². The van der Waals surface area contributed by atoms with Gasteiger partial charge in [-0.25, -0.2) is 4.79 Å². The molecule has 3 N–H and O–H groups in total. The summed E-state index contributed by atoms with van der Waals surface area (Å²) in [6.07, 6.45) is 5.28. The minimum Gasteiger partial charge on any atom is -0.449 e. The fourth-order valence-electron chi connectivity index (χ4n) is 2.57. The van der Waals surface area contributed by atoms with Crippen molar-refractivity contribution in [3.63, 3.8) is 0 Å². The molecule has 0 aliphatic heterocycles. The van der Waals surface area contributed by atoms with Crippen LogP contribution in [0.2, 0.25) is 0 Å². The Morgan fingerprint density at radius 3 is 2.62 bits per heavy atom. The first-order valence-electron chi connectivity index (χ1n) is 7.85. The van der Waals surface area contributed by atoms with Crippen molar-refractivity contribution in [2.75, 3.05) is 11.9 Å². The third kappa shape index (κ3) is 4.53. The van der Waals surface area contributed by atoms with Crippen LogP contribution in [0.4, 0.5) is 10.5 Å². The van der Waals surface area contributed by atoms with E-state index in [0.717, 1.165) is 22.4 Å². The lowest BCUT2D eigenvalue weighted by atomic mass is 9.95. The number of carbonyl (C=O) groups excluding carboxylic acids is 1. The smallest absolute Gasteiger partial charge is 0.404 e. The van der Waals surface area contributed by atoms with E-state index in [2.05, 4.69) is 36.4 Å². The number of hydrogen-bond acceptors (Lipinski definition) is 3. The highest BCUT2D eigenvalue weighted by atomic mass is 16.5. The summed E-state index contributed by atoms with van der Waals surface area (Å²) in [4.78, 5) is 10.7. The van der Waals surface area contributed by atoms with Crippen LogP contribution >= 0.6 is 0 Å². The first kappa shape index (κ1) is 17.4. The van der Waals surface area contributed by atoms with Crippen molar-refractivity contribution in [1.29, 1.82) is 0 Å². The van der Waals surface area contributed by atoms with Crippen LogP contribution in [0.3, 0.4) is 0 Å². The van der Waals surface area contributed by atoms with E-state index in [1.807, 2.05) is 31.2 Å². The summed E-state index contributed by atoms with van der Waals surface area (Å²) in [5, 5.41) is 3.24. The summed E-state index contributed by atoms with van der Waals surface area (Å²) in [5.41, 5.74) is 10.6. The van der Waals surface area contributed by atoms with Crippen molar-refractivity contribution >= 4 is 11.8 Å². The standard InChI is InChI=1S/C20H22N2O2/c1-4-14(2)22-18-10-8-17(9-11-18)19-7-5-6-16(15(19)3)12-13-24-20(21)23/h1,5-11,14,22H,12-13H2,2-3H3,(H2,21,23). The number of rotatable bonds is 6. The van der Waals surface area contributed by atoms with E-state index in [-0.39, 0.29) is 12.6 Å². The number of anilines is 1. The van der Waals surface area contributed by atoms with Crippen LogP contribution in [0, 0.1) is 19.3 Å². The quantitative estimate of drug-likeness (QED) is 0.796. The normalized spacial score (nSPS) is 11.4. The minimum atomic E-state index is -0.743. The third-order valence-corrected chi connectivity index (χ3v) is 3.89. The number of terminal acetylenes is 1. The highest BCUT2D eigenvalue weighted by Gasteiger charge is 2.07. The molecule has 0 aromatic heterocycles. The highest BCUT2D eigenvalue weighted by molar-refractivity contribution is 5.70. The summed E-state index contributed by atoms with van der Waals surface area (Å²) in [6.45, 7) is 4.30. The molecule has 0 aliphatic carbocycles. The average Bonchev–Trinajstić information content (AvgIpc) is 2.57. The number of amides is 1. The predicted molar refractivity (Wildman–Crippen MR) is 97.8 cm³/mol. The molecule has 4 heteroatoms. The zero-order valence-corrected chi connectivity index (χ0v) is 14.0. The van der Waals surface area contributed by atoms with Gasteiger partial charge in [0.15, 0.2) is 0 Å². The van der Waals surface area contributed by atoms with Crippen LogP contribution in [-0.4, -0.2) is 18.7 Å². The molecule has 1 amide bonds. The van der Waals surface area contributed by atoms with Gasteiger partial charge in [-0.05, 0) is 48.2 Å². The second kappa shape index (κ2) is 8.07. The molecule has 0 spiro atoms. The molecule has 0 fully saturated rings. The van der Waals surface area contributed by atoms with Gasteiger partial charge in [-0.1, -0.05) is 36.3 Å². The lowest BCUT2D eigenvalue weighted by Crippen LogP contribution is -2.15. The maximum atomic E-state index is 10.7. The van der Waals surface area contributed by atoms with Gasteiger partial charge in [-0.3, -0.25) is 0 Å². The molecule has 1 unspecified atom stereocenters. The van der Waals surface area contributed by atoms with Crippen molar-refractivity contribution in [2.45, 2.75) is 26.3 Å². The van der Waals surface area contributed by atoms with Gasteiger partial charge in [-0.15, -0.1) is 6.42 Å². The molecule has 0 radical (unpaired) electrons. The van der Waals surface area contributed by atoms with E-state index < -0.39 is 6.09 Å². The summed E-state index contributed by atoms with van der Waals surface area (Å²) in [6, 6.07) is 14.3. The molecule has 124 valence electrons. The van der Waals surface area contributed by atoms with E-state index in [1.165, 1.54) is 5.56 Å². The molecule has 0 heterocycles. The van der Waals surface area contributed by atoms with E-state index in [1.54, 1.807) is 0 Å². The first-order chi connectivity index (χ1) is 11.5. The lowest BCUT2D eigenvalue weighted by molar-refractivity contribution is 0.158. The van der Waals surface area contributed by atoms with Crippen molar-refractivity contribution in [1.82, 2.24) is 0 Å². The average molecular weight is 322 g/mol. The molecule has 0 saturated carbocycles. The lowest BCUT2D eigenvalue weighted by Gasteiger charge is -2.13. The van der Waals surface area contributed by atoms with Gasteiger partial charge in [0, 0.05) is 12.1 Å². The van der Waals surface area contributed by atoms with Crippen LogP contribution < -0.4 is 11.1 Å². The minimum absolute atomic E-state index is 0.00818. The second-order valence-corrected chi connectivity index (χ2v) is 5.62. The molecule has 0 aliphatic rings. The Balaban J connectivity index is 2.17. The third-order valence-electron chi connectivity index (χ3n) is 3.89. The molecule has 2 aromatic carbocycles. The van der Waals surface area contributed by atoms with E-state index >= 15 is 0 Å². The Morgan fingerprint density at radius 1 is 1.29 bits per heavy atom. The van der Waals surface area contributed by atoms with Gasteiger partial charge >= 0.3 is 6.09 Å². The summed E-state index contributed by atoms with van der Waals surface area (Å²) in [7, 11) is 0. The molecular formula is C20H22N2O2. The van der Waals surface area contributed by atoms with Gasteiger partial charge in [-0.2, -0.15) is 0 Å². The molecule has 1 atom stereocenters. The number of nitrogens with two attached hydrogens (primary N) is 1. The van der Waals surface area contributed by atoms with E-state index in [9.17, 15) is 4.79 Å².